The summed E-state index contributed by atoms with van der Waals surface area (Å²) in [5.74, 6) is -0.419. The van der Waals surface area contributed by atoms with Gasteiger partial charge in [-0.3, -0.25) is 14.9 Å². The van der Waals surface area contributed by atoms with E-state index in [1.54, 1.807) is 19.9 Å². The second kappa shape index (κ2) is 4.54. The van der Waals surface area contributed by atoms with E-state index in [2.05, 4.69) is 5.32 Å². The van der Waals surface area contributed by atoms with Gasteiger partial charge < -0.3 is 5.32 Å². The van der Waals surface area contributed by atoms with E-state index >= 15 is 0 Å². The molecule has 5 nitrogen and oxygen atoms in total. The molecule has 1 N–H and O–H groups in total. The molecule has 0 aliphatic heterocycles. The quantitative estimate of drug-likeness (QED) is 0.607. The van der Waals surface area contributed by atoms with E-state index in [1.807, 2.05) is 0 Å². The van der Waals surface area contributed by atoms with Crippen LogP contribution in [-0.4, -0.2) is 16.9 Å². The van der Waals surface area contributed by atoms with Crippen LogP contribution in [0.25, 0.3) is 0 Å². The molecule has 0 saturated heterocycles. The second-order valence-corrected chi connectivity index (χ2v) is 3.40. The third kappa shape index (κ3) is 2.77. The summed E-state index contributed by atoms with van der Waals surface area (Å²) < 4.78 is 0. The van der Waals surface area contributed by atoms with Crippen molar-refractivity contribution < 1.29 is 9.72 Å². The summed E-state index contributed by atoms with van der Waals surface area (Å²) in [5.41, 5.74) is -0.0770. The van der Waals surface area contributed by atoms with E-state index in [4.69, 9.17) is 0 Å². The van der Waals surface area contributed by atoms with Crippen LogP contribution in [0.5, 0.6) is 0 Å². The van der Waals surface area contributed by atoms with E-state index < -0.39 is 10.8 Å². The third-order valence-electron chi connectivity index (χ3n) is 1.77. The van der Waals surface area contributed by atoms with Gasteiger partial charge in [-0.05, 0) is 19.9 Å². The molecule has 1 aromatic carbocycles. The molecule has 0 aliphatic rings. The van der Waals surface area contributed by atoms with Crippen molar-refractivity contribution in [1.29, 1.82) is 0 Å². The number of nitrogens with one attached hydrogen (secondary N) is 1. The number of rotatable bonds is 3. The minimum Gasteiger partial charge on any atom is -0.350 e. The zero-order valence-corrected chi connectivity index (χ0v) is 8.56. The molecule has 5 heteroatoms. The molecule has 0 spiro atoms. The molecule has 0 aliphatic carbocycles. The van der Waals surface area contributed by atoms with Gasteiger partial charge in [-0.1, -0.05) is 12.1 Å². The Hall–Kier alpha value is -1.91. The van der Waals surface area contributed by atoms with Gasteiger partial charge in [-0.2, -0.15) is 0 Å². The third-order valence-corrected chi connectivity index (χ3v) is 1.77. The van der Waals surface area contributed by atoms with Crippen LogP contribution in [-0.2, 0) is 0 Å². The molecule has 0 saturated carbocycles. The molecular weight excluding hydrogens is 196 g/mol. The van der Waals surface area contributed by atoms with Crippen molar-refractivity contribution in [2.24, 2.45) is 0 Å². The Bertz CT molecular complexity index is 388. The number of amides is 1. The first-order chi connectivity index (χ1) is 7.02. The maximum Gasteiger partial charge on any atom is 0.282 e. The van der Waals surface area contributed by atoms with Crippen molar-refractivity contribution in [2.45, 2.75) is 19.9 Å². The lowest BCUT2D eigenvalue weighted by atomic mass is 10.1. The predicted octanol–water partition coefficient (Wildman–Crippen LogP) is 1.73. The van der Waals surface area contributed by atoms with Gasteiger partial charge in [0.05, 0.1) is 4.92 Å². The summed E-state index contributed by atoms with van der Waals surface area (Å²) in [6, 6.07) is 5.84. The van der Waals surface area contributed by atoms with Crippen molar-refractivity contribution >= 4 is 11.6 Å². The minimum atomic E-state index is -0.560. The van der Waals surface area contributed by atoms with Crippen LogP contribution in [0.2, 0.25) is 0 Å². The van der Waals surface area contributed by atoms with Gasteiger partial charge >= 0.3 is 0 Å². The normalized spacial score (nSPS) is 10.1. The number of hydrogen-bond acceptors (Lipinski definition) is 3. The Kier molecular flexibility index (Phi) is 3.38. The molecule has 1 amide bonds. The highest BCUT2D eigenvalue weighted by atomic mass is 16.6. The lowest BCUT2D eigenvalue weighted by Crippen LogP contribution is -2.30. The van der Waals surface area contributed by atoms with Crippen LogP contribution in [0.15, 0.2) is 24.3 Å². The van der Waals surface area contributed by atoms with E-state index in [0.29, 0.717) is 0 Å². The van der Waals surface area contributed by atoms with Crippen molar-refractivity contribution in [3.8, 4) is 0 Å². The SMILES string of the molecule is CC(C)NC(=O)c1ccccc1[N+](=O)[O-]. The Labute approximate surface area is 87.3 Å². The van der Waals surface area contributed by atoms with Gasteiger partial charge in [0.15, 0.2) is 0 Å². The molecule has 0 aromatic heterocycles. The molecule has 0 atom stereocenters. The van der Waals surface area contributed by atoms with Crippen LogP contribution in [0.3, 0.4) is 0 Å². The van der Waals surface area contributed by atoms with Crippen molar-refractivity contribution in [1.82, 2.24) is 5.32 Å². The molecule has 1 aromatic rings. The highest BCUT2D eigenvalue weighted by Gasteiger charge is 2.19. The van der Waals surface area contributed by atoms with E-state index in [0.717, 1.165) is 0 Å². The van der Waals surface area contributed by atoms with Crippen LogP contribution >= 0.6 is 0 Å². The smallest absolute Gasteiger partial charge is 0.282 e. The average molecular weight is 208 g/mol. The van der Waals surface area contributed by atoms with E-state index in [-0.39, 0.29) is 17.3 Å². The second-order valence-electron chi connectivity index (χ2n) is 3.40. The first kappa shape index (κ1) is 11.2. The predicted molar refractivity (Wildman–Crippen MR) is 55.7 cm³/mol. The molecule has 0 heterocycles. The van der Waals surface area contributed by atoms with Crippen LogP contribution < -0.4 is 5.32 Å². The topological polar surface area (TPSA) is 72.2 Å². The number of carbonyl (C=O) groups excluding carboxylic acids is 1. The fourth-order valence-corrected chi connectivity index (χ4v) is 1.16. The van der Waals surface area contributed by atoms with Gasteiger partial charge in [0, 0.05) is 12.1 Å². The van der Waals surface area contributed by atoms with Crippen LogP contribution in [0.1, 0.15) is 24.2 Å². The maximum absolute atomic E-state index is 11.6. The summed E-state index contributed by atoms with van der Waals surface area (Å²) in [7, 11) is 0. The van der Waals surface area contributed by atoms with Gasteiger partial charge in [-0.15, -0.1) is 0 Å². The molecule has 1 rings (SSSR count). The largest absolute Gasteiger partial charge is 0.350 e. The van der Waals surface area contributed by atoms with Crippen molar-refractivity contribution in [3.05, 3.63) is 39.9 Å². The first-order valence-corrected chi connectivity index (χ1v) is 4.56. The number of carbonyl (C=O) groups is 1. The summed E-state index contributed by atoms with van der Waals surface area (Å²) >= 11 is 0. The minimum absolute atomic E-state index is 0.0442. The Morgan fingerprint density at radius 2 is 2.00 bits per heavy atom. The zero-order valence-electron chi connectivity index (χ0n) is 8.56. The van der Waals surface area contributed by atoms with Gasteiger partial charge in [0.1, 0.15) is 5.56 Å². The standard InChI is InChI=1S/C10H12N2O3/c1-7(2)11-10(13)8-5-3-4-6-9(8)12(14)15/h3-7H,1-2H3,(H,11,13). The average Bonchev–Trinajstić information content (AvgIpc) is 2.16. The fraction of sp³-hybridized carbons (Fsp3) is 0.300. The summed E-state index contributed by atoms with van der Waals surface area (Å²) in [4.78, 5) is 21.6. The number of nitrogens with zero attached hydrogens (tertiary/aromatic N) is 1. The van der Waals surface area contributed by atoms with Crippen molar-refractivity contribution in [3.63, 3.8) is 0 Å². The number of hydrogen-bond donors (Lipinski definition) is 1. The first-order valence-electron chi connectivity index (χ1n) is 4.56. The summed E-state index contributed by atoms with van der Waals surface area (Å²) in [6.07, 6.45) is 0. The fourth-order valence-electron chi connectivity index (χ4n) is 1.16. The molecular formula is C10H12N2O3. The number of benzene rings is 1. The molecule has 0 radical (unpaired) electrons. The van der Waals surface area contributed by atoms with Crippen LogP contribution in [0.4, 0.5) is 5.69 Å². The van der Waals surface area contributed by atoms with E-state index in [9.17, 15) is 14.9 Å². The summed E-state index contributed by atoms with van der Waals surface area (Å²) in [5, 5.41) is 13.2. The Morgan fingerprint density at radius 1 is 1.40 bits per heavy atom. The number of para-hydroxylation sites is 1. The maximum atomic E-state index is 11.6. The van der Waals surface area contributed by atoms with Gasteiger partial charge in [0.25, 0.3) is 11.6 Å². The molecule has 80 valence electrons. The molecule has 0 fully saturated rings. The van der Waals surface area contributed by atoms with Crippen LogP contribution in [0, 0.1) is 10.1 Å². The highest BCUT2D eigenvalue weighted by molar-refractivity contribution is 5.98. The van der Waals surface area contributed by atoms with E-state index in [1.165, 1.54) is 18.2 Å². The zero-order chi connectivity index (χ0) is 11.4. The van der Waals surface area contributed by atoms with Crippen molar-refractivity contribution in [2.75, 3.05) is 0 Å². The lowest BCUT2D eigenvalue weighted by Gasteiger charge is -2.07. The van der Waals surface area contributed by atoms with Gasteiger partial charge in [-0.25, -0.2) is 0 Å². The monoisotopic (exact) mass is 208 g/mol. The van der Waals surface area contributed by atoms with Gasteiger partial charge in [0.2, 0.25) is 0 Å². The Balaban J connectivity index is 3.03. The highest BCUT2D eigenvalue weighted by Crippen LogP contribution is 2.17. The molecule has 15 heavy (non-hydrogen) atoms. The number of nitro benzene ring substituents is 1. The molecule has 0 unspecified atom stereocenters. The Morgan fingerprint density at radius 3 is 2.53 bits per heavy atom. The number of nitro groups is 1. The molecule has 0 bridgehead atoms. The summed E-state index contributed by atoms with van der Waals surface area (Å²) in [6.45, 7) is 3.60. The lowest BCUT2D eigenvalue weighted by molar-refractivity contribution is -0.385.